The molecule has 3 aromatic rings. The van der Waals surface area contributed by atoms with Crippen molar-refractivity contribution in [3.63, 3.8) is 0 Å². The molecule has 210 valence electrons. The van der Waals surface area contributed by atoms with E-state index in [-0.39, 0.29) is 12.0 Å². The van der Waals surface area contributed by atoms with Gasteiger partial charge in [0, 0.05) is 24.3 Å². The van der Waals surface area contributed by atoms with Gasteiger partial charge in [0.15, 0.2) is 0 Å². The zero-order chi connectivity index (χ0) is 27.4. The Morgan fingerprint density at radius 2 is 1.74 bits per heavy atom. The van der Waals surface area contributed by atoms with Gasteiger partial charge in [-0.25, -0.2) is 0 Å². The maximum absolute atomic E-state index is 10.5. The van der Waals surface area contributed by atoms with E-state index in [4.69, 9.17) is 18.9 Å². The molecule has 0 unspecified atom stereocenters. The summed E-state index contributed by atoms with van der Waals surface area (Å²) in [4.78, 5) is 0. The molecule has 2 aliphatic heterocycles. The lowest BCUT2D eigenvalue weighted by atomic mass is 9.99. The van der Waals surface area contributed by atoms with Crippen molar-refractivity contribution in [2.45, 2.75) is 76.1 Å². The molecule has 0 spiro atoms. The Balaban J connectivity index is 1.34. The first-order chi connectivity index (χ1) is 18.9. The number of benzene rings is 2. The number of hydrogen-bond donors (Lipinski definition) is 4. The predicted octanol–water partition coefficient (Wildman–Crippen LogP) is 1.72. The highest BCUT2D eigenvalue weighted by molar-refractivity contribution is 5.38. The lowest BCUT2D eigenvalue weighted by molar-refractivity contribution is -0.278. The van der Waals surface area contributed by atoms with E-state index in [0.29, 0.717) is 19.6 Å². The Labute approximate surface area is 227 Å². The predicted molar refractivity (Wildman–Crippen MR) is 140 cm³/mol. The van der Waals surface area contributed by atoms with Gasteiger partial charge >= 0.3 is 0 Å². The van der Waals surface area contributed by atoms with Crippen LogP contribution in [0.5, 0.6) is 11.6 Å². The Morgan fingerprint density at radius 1 is 0.974 bits per heavy atom. The fourth-order valence-corrected chi connectivity index (χ4v) is 4.94. The number of aliphatic hydroxyl groups excluding tert-OH is 4. The van der Waals surface area contributed by atoms with Crippen LogP contribution in [0.2, 0.25) is 0 Å². The van der Waals surface area contributed by atoms with Crippen molar-refractivity contribution in [3.05, 3.63) is 77.0 Å². The zero-order valence-corrected chi connectivity index (χ0v) is 21.9. The molecule has 2 aromatic carbocycles. The van der Waals surface area contributed by atoms with E-state index in [1.54, 1.807) is 0 Å². The first kappa shape index (κ1) is 27.6. The Morgan fingerprint density at radius 3 is 2.44 bits per heavy atom. The fourth-order valence-electron chi connectivity index (χ4n) is 4.94. The maximum Gasteiger partial charge on any atom is 0.239 e. The molecule has 0 saturated carbocycles. The minimum absolute atomic E-state index is 0.0533. The summed E-state index contributed by atoms with van der Waals surface area (Å²) in [5.74, 6) is 1.01. The third-order valence-electron chi connectivity index (χ3n) is 7.32. The normalized spacial score (nSPS) is 27.0. The summed E-state index contributed by atoms with van der Waals surface area (Å²) >= 11 is 0. The van der Waals surface area contributed by atoms with Crippen LogP contribution in [0.15, 0.2) is 54.6 Å². The highest BCUT2D eigenvalue weighted by Crippen LogP contribution is 2.30. The summed E-state index contributed by atoms with van der Waals surface area (Å²) in [6.07, 6.45) is -4.43. The van der Waals surface area contributed by atoms with Crippen molar-refractivity contribution in [2.24, 2.45) is 0 Å². The van der Waals surface area contributed by atoms with Crippen molar-refractivity contribution in [3.8, 4) is 11.6 Å². The van der Waals surface area contributed by atoms with Gasteiger partial charge in [0.25, 0.3) is 0 Å². The van der Waals surface area contributed by atoms with E-state index in [1.165, 1.54) is 0 Å². The van der Waals surface area contributed by atoms with Crippen LogP contribution >= 0.6 is 0 Å². The summed E-state index contributed by atoms with van der Waals surface area (Å²) in [7, 11) is 0. The third kappa shape index (κ3) is 6.43. The number of rotatable bonds is 10. The fraction of sp³-hybridized carbons (Fsp3) is 0.483. The molecule has 0 radical (unpaired) electrons. The third-order valence-corrected chi connectivity index (χ3v) is 7.32. The van der Waals surface area contributed by atoms with E-state index in [1.807, 2.05) is 66.2 Å². The minimum Gasteiger partial charge on any atom is -0.489 e. The van der Waals surface area contributed by atoms with Crippen LogP contribution in [-0.4, -0.2) is 80.2 Å². The first-order valence-corrected chi connectivity index (χ1v) is 13.3. The quantitative estimate of drug-likeness (QED) is 0.303. The topological polar surface area (TPSA) is 136 Å². The standard InChI is InChI=1S/C29H36N2O8/c1-18-23(14-19-9-11-21(12-10-19)37-17-20-6-3-2-4-7-20)28(30-31(18)15-22-8-5-13-36-22)39-29-27(35)26(34)25(33)24(16-32)38-29/h2-4,6-7,9-12,22,24-27,29,32-35H,5,8,13-17H2,1H3/t22-,24-,25-,26+,27-,29+/m1/s1. The smallest absolute Gasteiger partial charge is 0.239 e. The van der Waals surface area contributed by atoms with Crippen molar-refractivity contribution in [1.29, 1.82) is 0 Å². The van der Waals surface area contributed by atoms with Crippen LogP contribution in [0.25, 0.3) is 0 Å². The van der Waals surface area contributed by atoms with Crippen LogP contribution in [0.4, 0.5) is 0 Å². The number of aromatic nitrogens is 2. The van der Waals surface area contributed by atoms with Gasteiger partial charge in [-0.3, -0.25) is 4.68 Å². The molecule has 39 heavy (non-hydrogen) atoms. The van der Waals surface area contributed by atoms with Gasteiger partial charge in [-0.1, -0.05) is 42.5 Å². The molecule has 2 saturated heterocycles. The minimum atomic E-state index is -1.54. The summed E-state index contributed by atoms with van der Waals surface area (Å²) in [6.45, 7) is 3.18. The molecule has 3 heterocycles. The first-order valence-electron chi connectivity index (χ1n) is 13.3. The van der Waals surface area contributed by atoms with Gasteiger partial charge in [0.05, 0.1) is 19.3 Å². The highest BCUT2D eigenvalue weighted by atomic mass is 16.7. The van der Waals surface area contributed by atoms with Gasteiger partial charge in [-0.05, 0) is 43.0 Å². The van der Waals surface area contributed by atoms with Crippen LogP contribution in [0, 0.1) is 6.92 Å². The Hall–Kier alpha value is -2.99. The Kier molecular flexibility index (Phi) is 8.81. The van der Waals surface area contributed by atoms with Gasteiger partial charge in [0.1, 0.15) is 36.8 Å². The molecular weight excluding hydrogens is 504 g/mol. The molecule has 1 aromatic heterocycles. The average molecular weight is 541 g/mol. The number of ether oxygens (including phenoxy) is 4. The molecule has 5 rings (SSSR count). The van der Waals surface area contributed by atoms with Crippen molar-refractivity contribution in [2.75, 3.05) is 13.2 Å². The molecule has 10 nitrogen and oxygen atoms in total. The van der Waals surface area contributed by atoms with Gasteiger partial charge in [-0.15, -0.1) is 5.10 Å². The molecule has 2 fully saturated rings. The summed E-state index contributed by atoms with van der Waals surface area (Å²) in [5, 5.41) is 45.1. The summed E-state index contributed by atoms with van der Waals surface area (Å²) in [6, 6.07) is 17.8. The molecule has 4 N–H and O–H groups in total. The van der Waals surface area contributed by atoms with Gasteiger partial charge < -0.3 is 39.4 Å². The van der Waals surface area contributed by atoms with Gasteiger partial charge in [-0.2, -0.15) is 0 Å². The number of aliphatic hydroxyl groups is 4. The number of hydrogen-bond acceptors (Lipinski definition) is 9. The number of nitrogens with zero attached hydrogens (tertiary/aromatic N) is 2. The maximum atomic E-state index is 10.5. The van der Waals surface area contributed by atoms with Crippen LogP contribution in [0.1, 0.15) is 35.2 Å². The van der Waals surface area contributed by atoms with E-state index in [0.717, 1.165) is 47.6 Å². The molecule has 10 heteroatoms. The summed E-state index contributed by atoms with van der Waals surface area (Å²) in [5.41, 5.74) is 3.77. The van der Waals surface area contributed by atoms with E-state index < -0.39 is 37.3 Å². The lowest BCUT2D eigenvalue weighted by Gasteiger charge is -2.39. The monoisotopic (exact) mass is 540 g/mol. The molecule has 6 atom stereocenters. The largest absolute Gasteiger partial charge is 0.489 e. The SMILES string of the molecule is Cc1c(Cc2ccc(OCc3ccccc3)cc2)c(O[C@@H]2O[C@H](CO)[C@@H](O)[C@H](O)[C@H]2O)nn1C[C@H]1CCCO1. The van der Waals surface area contributed by atoms with Crippen LogP contribution < -0.4 is 9.47 Å². The Bertz CT molecular complexity index is 1190. The lowest BCUT2D eigenvalue weighted by Crippen LogP contribution is -2.60. The van der Waals surface area contributed by atoms with E-state index in [2.05, 4.69) is 5.10 Å². The van der Waals surface area contributed by atoms with Crippen LogP contribution in [-0.2, 0) is 29.0 Å². The van der Waals surface area contributed by atoms with Crippen molar-refractivity contribution in [1.82, 2.24) is 9.78 Å². The van der Waals surface area contributed by atoms with Crippen LogP contribution in [0.3, 0.4) is 0 Å². The van der Waals surface area contributed by atoms with Crippen molar-refractivity contribution < 1.29 is 39.4 Å². The van der Waals surface area contributed by atoms with E-state index in [9.17, 15) is 20.4 Å². The highest BCUT2D eigenvalue weighted by Gasteiger charge is 2.45. The van der Waals surface area contributed by atoms with Crippen molar-refractivity contribution >= 4 is 0 Å². The van der Waals surface area contributed by atoms with E-state index >= 15 is 0 Å². The molecule has 0 bridgehead atoms. The summed E-state index contributed by atoms with van der Waals surface area (Å²) < 4.78 is 25.1. The second-order valence-corrected chi connectivity index (χ2v) is 10.1. The molecular formula is C29H36N2O8. The molecule has 0 aliphatic carbocycles. The second kappa shape index (κ2) is 12.5. The molecule has 2 aliphatic rings. The zero-order valence-electron chi connectivity index (χ0n) is 21.9. The second-order valence-electron chi connectivity index (χ2n) is 10.1. The molecule has 0 amide bonds. The van der Waals surface area contributed by atoms with Gasteiger partial charge in [0.2, 0.25) is 12.2 Å². The average Bonchev–Trinajstić information content (AvgIpc) is 3.57.